The van der Waals surface area contributed by atoms with Gasteiger partial charge in [-0.1, -0.05) is 12.5 Å². The topological polar surface area (TPSA) is 127 Å². The zero-order valence-electron chi connectivity index (χ0n) is 13.0. The predicted molar refractivity (Wildman–Crippen MR) is 82.1 cm³/mol. The summed E-state index contributed by atoms with van der Waals surface area (Å²) in [6.07, 6.45) is 0.594. The van der Waals surface area contributed by atoms with Crippen LogP contribution in [0.4, 0.5) is 0 Å². The standard InChI is InChI=1S/C9H15N3.C6H14O3/c1-5(6-2-10-6)9(7-3-11-7)8-4-12-8;1-2-6(3-7,4-8)5-9/h6-8,10-12H,2-4H2,1H3;7-9H,2-5H2,1H3. The van der Waals surface area contributed by atoms with Crippen LogP contribution in [0.2, 0.25) is 0 Å². The number of aliphatic hydroxyl groups excluding tert-OH is 3. The Hall–Kier alpha value is -0.500. The van der Waals surface area contributed by atoms with Crippen molar-refractivity contribution in [3.63, 3.8) is 0 Å². The van der Waals surface area contributed by atoms with Crippen molar-refractivity contribution >= 4 is 0 Å². The summed E-state index contributed by atoms with van der Waals surface area (Å²) in [6, 6.07) is 2.10. The van der Waals surface area contributed by atoms with Gasteiger partial charge in [-0.15, -0.1) is 0 Å². The fourth-order valence-electron chi connectivity index (χ4n) is 2.40. The molecule has 3 unspecified atom stereocenters. The molecule has 3 aliphatic heterocycles. The van der Waals surface area contributed by atoms with E-state index in [1.807, 2.05) is 6.92 Å². The minimum atomic E-state index is -0.667. The zero-order valence-corrected chi connectivity index (χ0v) is 13.0. The van der Waals surface area contributed by atoms with Crippen LogP contribution in [0.1, 0.15) is 20.3 Å². The van der Waals surface area contributed by atoms with Gasteiger partial charge in [-0.2, -0.15) is 0 Å². The van der Waals surface area contributed by atoms with E-state index < -0.39 is 5.41 Å². The summed E-state index contributed by atoms with van der Waals surface area (Å²) >= 11 is 0. The summed E-state index contributed by atoms with van der Waals surface area (Å²) in [5.74, 6) is 0. The molecule has 0 saturated carbocycles. The van der Waals surface area contributed by atoms with E-state index in [9.17, 15) is 0 Å². The lowest BCUT2D eigenvalue weighted by Gasteiger charge is -2.24. The summed E-state index contributed by atoms with van der Waals surface area (Å²) in [7, 11) is 0. The van der Waals surface area contributed by atoms with Crippen LogP contribution in [-0.4, -0.2) is 72.9 Å². The molecule has 0 amide bonds. The number of hydrogen-bond acceptors (Lipinski definition) is 6. The molecular formula is C15H29N3O3. The molecule has 0 aromatic rings. The lowest BCUT2D eigenvalue weighted by atomic mass is 9.88. The van der Waals surface area contributed by atoms with Gasteiger partial charge in [0.2, 0.25) is 0 Å². The number of nitrogens with one attached hydrogen (secondary N) is 3. The molecular weight excluding hydrogens is 270 g/mol. The summed E-state index contributed by atoms with van der Waals surface area (Å²) in [6.45, 7) is 7.20. The largest absolute Gasteiger partial charge is 0.396 e. The third kappa shape index (κ3) is 4.48. The Morgan fingerprint density at radius 1 is 0.905 bits per heavy atom. The summed E-state index contributed by atoms with van der Waals surface area (Å²) in [5.41, 5.74) is 2.56. The fourth-order valence-corrected chi connectivity index (χ4v) is 2.40. The Balaban J connectivity index is 0.000000163. The van der Waals surface area contributed by atoms with E-state index in [2.05, 4.69) is 22.9 Å². The second kappa shape index (κ2) is 7.17. The maximum atomic E-state index is 8.66. The summed E-state index contributed by atoms with van der Waals surface area (Å²) in [4.78, 5) is 0. The first-order valence-corrected chi connectivity index (χ1v) is 7.84. The monoisotopic (exact) mass is 299 g/mol. The fraction of sp³-hybridized carbons (Fsp3) is 0.867. The molecule has 0 aromatic carbocycles. The maximum Gasteiger partial charge on any atom is 0.0531 e. The van der Waals surface area contributed by atoms with Crippen LogP contribution < -0.4 is 16.0 Å². The van der Waals surface area contributed by atoms with Gasteiger partial charge in [0.05, 0.1) is 19.8 Å². The molecule has 3 atom stereocenters. The predicted octanol–water partition coefficient (Wildman–Crippen LogP) is -1.42. The van der Waals surface area contributed by atoms with Crippen molar-refractivity contribution in [2.24, 2.45) is 5.41 Å². The van der Waals surface area contributed by atoms with Gasteiger partial charge in [0.1, 0.15) is 0 Å². The first kappa shape index (κ1) is 16.9. The molecule has 0 spiro atoms. The average molecular weight is 299 g/mol. The van der Waals surface area contributed by atoms with E-state index in [-0.39, 0.29) is 19.8 Å². The van der Waals surface area contributed by atoms with E-state index in [1.165, 1.54) is 19.6 Å². The molecule has 0 aliphatic carbocycles. The Morgan fingerprint density at radius 2 is 1.29 bits per heavy atom. The third-order valence-corrected chi connectivity index (χ3v) is 4.71. The van der Waals surface area contributed by atoms with E-state index in [4.69, 9.17) is 15.3 Å². The van der Waals surface area contributed by atoms with Crippen LogP contribution in [0.25, 0.3) is 0 Å². The Bertz CT molecular complexity index is 339. The second-order valence-electron chi connectivity index (χ2n) is 6.35. The van der Waals surface area contributed by atoms with Crippen molar-refractivity contribution < 1.29 is 15.3 Å². The van der Waals surface area contributed by atoms with Gasteiger partial charge in [-0.05, 0) is 18.9 Å². The van der Waals surface area contributed by atoms with Crippen molar-refractivity contribution in [2.75, 3.05) is 39.5 Å². The number of rotatable bonds is 7. The highest BCUT2D eigenvalue weighted by Gasteiger charge is 2.39. The second-order valence-corrected chi connectivity index (χ2v) is 6.35. The molecule has 6 heteroatoms. The van der Waals surface area contributed by atoms with Crippen LogP contribution in [0.15, 0.2) is 11.1 Å². The average Bonchev–Trinajstić information content (AvgIpc) is 3.35. The molecule has 21 heavy (non-hydrogen) atoms. The van der Waals surface area contributed by atoms with Crippen molar-refractivity contribution in [2.45, 2.75) is 38.4 Å². The van der Waals surface area contributed by atoms with Crippen molar-refractivity contribution in [3.8, 4) is 0 Å². The maximum absolute atomic E-state index is 8.66. The van der Waals surface area contributed by atoms with Crippen molar-refractivity contribution in [1.82, 2.24) is 16.0 Å². The molecule has 3 saturated heterocycles. The summed E-state index contributed by atoms with van der Waals surface area (Å²) in [5, 5.41) is 36.1. The van der Waals surface area contributed by atoms with Gasteiger partial charge >= 0.3 is 0 Å². The molecule has 0 aromatic heterocycles. The van der Waals surface area contributed by atoms with Crippen molar-refractivity contribution in [3.05, 3.63) is 11.1 Å². The first-order valence-electron chi connectivity index (χ1n) is 7.84. The highest BCUT2D eigenvalue weighted by molar-refractivity contribution is 5.37. The van der Waals surface area contributed by atoms with Crippen LogP contribution in [0, 0.1) is 5.41 Å². The van der Waals surface area contributed by atoms with Gasteiger partial charge < -0.3 is 31.3 Å². The van der Waals surface area contributed by atoms with Crippen LogP contribution >= 0.6 is 0 Å². The lowest BCUT2D eigenvalue weighted by molar-refractivity contribution is 0.00304. The quantitative estimate of drug-likeness (QED) is 0.253. The molecule has 3 rings (SSSR count). The highest BCUT2D eigenvalue weighted by Crippen LogP contribution is 2.27. The van der Waals surface area contributed by atoms with Crippen LogP contribution in [-0.2, 0) is 0 Å². The zero-order chi connectivity index (χ0) is 15.5. The first-order chi connectivity index (χ1) is 10.1. The smallest absolute Gasteiger partial charge is 0.0531 e. The van der Waals surface area contributed by atoms with Crippen molar-refractivity contribution in [1.29, 1.82) is 0 Å². The van der Waals surface area contributed by atoms with Gasteiger partial charge in [0.15, 0.2) is 0 Å². The molecule has 0 bridgehead atoms. The van der Waals surface area contributed by atoms with Gasteiger partial charge in [0.25, 0.3) is 0 Å². The van der Waals surface area contributed by atoms with Gasteiger partial charge in [-0.25, -0.2) is 0 Å². The molecule has 6 nitrogen and oxygen atoms in total. The number of aliphatic hydroxyl groups is 3. The SMILES string of the molecule is CC(=C(C1CN1)C1CN1)C1CN1.CCC(CO)(CO)CO. The van der Waals surface area contributed by atoms with E-state index >= 15 is 0 Å². The summed E-state index contributed by atoms with van der Waals surface area (Å²) < 4.78 is 0. The van der Waals surface area contributed by atoms with E-state index in [1.54, 1.807) is 11.1 Å². The molecule has 122 valence electrons. The molecule has 3 fully saturated rings. The molecule has 6 N–H and O–H groups in total. The van der Waals surface area contributed by atoms with Gasteiger partial charge in [-0.3, -0.25) is 0 Å². The Morgan fingerprint density at radius 3 is 1.48 bits per heavy atom. The van der Waals surface area contributed by atoms with Crippen LogP contribution in [0.5, 0.6) is 0 Å². The minimum Gasteiger partial charge on any atom is -0.396 e. The Kier molecular flexibility index (Phi) is 5.76. The molecule has 0 radical (unpaired) electrons. The highest BCUT2D eigenvalue weighted by atomic mass is 16.3. The van der Waals surface area contributed by atoms with E-state index in [0.29, 0.717) is 24.5 Å². The molecule has 3 heterocycles. The Labute approximate surface area is 126 Å². The molecule has 3 aliphatic rings. The van der Waals surface area contributed by atoms with Crippen LogP contribution in [0.3, 0.4) is 0 Å². The normalized spacial score (nSPS) is 29.3. The third-order valence-electron chi connectivity index (χ3n) is 4.71. The number of hydrogen-bond donors (Lipinski definition) is 6. The minimum absolute atomic E-state index is 0.156. The lowest BCUT2D eigenvalue weighted by Crippen LogP contribution is -2.32. The van der Waals surface area contributed by atoms with E-state index in [0.717, 1.165) is 0 Å². The van der Waals surface area contributed by atoms with Gasteiger partial charge in [0, 0.05) is 43.2 Å².